The molecule has 0 radical (unpaired) electrons. The molecule has 0 bridgehead atoms. The summed E-state index contributed by atoms with van der Waals surface area (Å²) < 4.78 is 0. The summed E-state index contributed by atoms with van der Waals surface area (Å²) in [5.41, 5.74) is 2.52. The number of rotatable bonds is 7. The number of hydrogen-bond acceptors (Lipinski definition) is 4. The van der Waals surface area contributed by atoms with Crippen LogP contribution in [0.1, 0.15) is 58.4 Å². The highest BCUT2D eigenvalue weighted by Gasteiger charge is 2.22. The smallest absolute Gasteiger partial charge is 0.256 e. The fourth-order valence-corrected chi connectivity index (χ4v) is 4.95. The normalized spacial score (nSPS) is 14.0. The lowest BCUT2D eigenvalue weighted by Crippen LogP contribution is -2.39. The van der Waals surface area contributed by atoms with Crippen LogP contribution in [0.15, 0.2) is 47.4 Å². The lowest BCUT2D eigenvalue weighted by atomic mass is 9.94. The van der Waals surface area contributed by atoms with Crippen molar-refractivity contribution in [1.82, 2.24) is 10.2 Å². The molecule has 6 nitrogen and oxygen atoms in total. The van der Waals surface area contributed by atoms with Crippen molar-refractivity contribution in [2.24, 2.45) is 0 Å². The number of aryl methyl sites for hydroxylation is 1. The first-order valence-electron chi connectivity index (χ1n) is 11.0. The van der Waals surface area contributed by atoms with Gasteiger partial charge in [-0.3, -0.25) is 14.4 Å². The largest absolute Gasteiger partial charge is 0.355 e. The molecule has 0 heterocycles. The summed E-state index contributed by atoms with van der Waals surface area (Å²) in [6.07, 6.45) is 5.77. The molecular formula is C25H31N3O3S. The van der Waals surface area contributed by atoms with E-state index in [1.54, 1.807) is 31.3 Å². The molecule has 1 fully saturated rings. The maximum atomic E-state index is 13.0. The van der Waals surface area contributed by atoms with Gasteiger partial charge < -0.3 is 15.5 Å². The summed E-state index contributed by atoms with van der Waals surface area (Å²) in [5.74, 6) is -0.0118. The third-order valence-corrected chi connectivity index (χ3v) is 7.02. The molecule has 0 unspecified atom stereocenters. The number of hydrogen-bond donors (Lipinski definition) is 2. The molecule has 1 saturated carbocycles. The molecule has 0 spiro atoms. The summed E-state index contributed by atoms with van der Waals surface area (Å²) in [6.45, 7) is 1.85. The second kappa shape index (κ2) is 11.2. The number of anilines is 1. The Labute approximate surface area is 194 Å². The number of thioether (sulfide) groups is 1. The number of benzene rings is 2. The van der Waals surface area contributed by atoms with E-state index in [2.05, 4.69) is 10.6 Å². The molecule has 2 N–H and O–H groups in total. The second-order valence-electron chi connectivity index (χ2n) is 8.14. The molecule has 1 aliphatic rings. The number of amides is 3. The van der Waals surface area contributed by atoms with Crippen molar-refractivity contribution in [3.8, 4) is 0 Å². The molecule has 0 aliphatic heterocycles. The van der Waals surface area contributed by atoms with Crippen LogP contribution in [0.2, 0.25) is 0 Å². The van der Waals surface area contributed by atoms with E-state index in [4.69, 9.17) is 0 Å². The van der Waals surface area contributed by atoms with E-state index in [9.17, 15) is 14.4 Å². The molecule has 0 aromatic heterocycles. The Morgan fingerprint density at radius 1 is 1.03 bits per heavy atom. The van der Waals surface area contributed by atoms with Crippen molar-refractivity contribution < 1.29 is 14.4 Å². The van der Waals surface area contributed by atoms with E-state index in [0.29, 0.717) is 28.6 Å². The average Bonchev–Trinajstić information content (AvgIpc) is 2.83. The zero-order valence-electron chi connectivity index (χ0n) is 18.9. The zero-order chi connectivity index (χ0) is 23.1. The van der Waals surface area contributed by atoms with Gasteiger partial charge in [-0.2, -0.15) is 0 Å². The van der Waals surface area contributed by atoms with Gasteiger partial charge in [0.1, 0.15) is 0 Å². The van der Waals surface area contributed by atoms with Gasteiger partial charge in [0.05, 0.1) is 11.3 Å². The van der Waals surface area contributed by atoms with E-state index < -0.39 is 0 Å². The maximum Gasteiger partial charge on any atom is 0.256 e. The average molecular weight is 454 g/mol. The van der Waals surface area contributed by atoms with Crippen LogP contribution in [0, 0.1) is 6.92 Å². The van der Waals surface area contributed by atoms with Crippen LogP contribution in [0.25, 0.3) is 0 Å². The van der Waals surface area contributed by atoms with Gasteiger partial charge in [-0.15, -0.1) is 11.8 Å². The van der Waals surface area contributed by atoms with Crippen LogP contribution >= 0.6 is 11.8 Å². The van der Waals surface area contributed by atoms with Gasteiger partial charge in [-0.1, -0.05) is 31.4 Å². The summed E-state index contributed by atoms with van der Waals surface area (Å²) in [4.78, 5) is 40.2. The van der Waals surface area contributed by atoms with Crippen LogP contribution < -0.4 is 10.6 Å². The quantitative estimate of drug-likeness (QED) is 0.606. The highest BCUT2D eigenvalue weighted by Crippen LogP contribution is 2.27. The monoisotopic (exact) mass is 453 g/mol. The molecule has 2 aromatic rings. The maximum absolute atomic E-state index is 13.0. The highest BCUT2D eigenvalue weighted by atomic mass is 32.2. The van der Waals surface area contributed by atoms with Crippen LogP contribution in [0.4, 0.5) is 5.69 Å². The minimum absolute atomic E-state index is 0.0951. The second-order valence-corrected chi connectivity index (χ2v) is 9.16. The van der Waals surface area contributed by atoms with Crippen LogP contribution in [0.5, 0.6) is 0 Å². The van der Waals surface area contributed by atoms with Crippen LogP contribution in [-0.2, 0) is 4.79 Å². The Hall–Kier alpha value is -2.80. The molecule has 3 amide bonds. The summed E-state index contributed by atoms with van der Waals surface area (Å²) in [5, 5.41) is 5.53. The Bertz CT molecular complexity index is 986. The first-order chi connectivity index (χ1) is 15.4. The van der Waals surface area contributed by atoms with Crippen molar-refractivity contribution >= 4 is 35.2 Å². The molecule has 32 heavy (non-hydrogen) atoms. The first kappa shape index (κ1) is 23.9. The SMILES string of the molecule is CNC(=O)c1ccc(NC(=O)c2ccccc2SCC(=O)N(C)C2CCCCC2)c(C)c1. The summed E-state index contributed by atoms with van der Waals surface area (Å²) >= 11 is 1.39. The highest BCUT2D eigenvalue weighted by molar-refractivity contribution is 8.00. The lowest BCUT2D eigenvalue weighted by molar-refractivity contribution is -0.129. The van der Waals surface area contributed by atoms with Crippen molar-refractivity contribution in [3.63, 3.8) is 0 Å². The van der Waals surface area contributed by atoms with Crippen molar-refractivity contribution in [3.05, 3.63) is 59.2 Å². The molecule has 7 heteroatoms. The number of nitrogens with one attached hydrogen (secondary N) is 2. The molecule has 2 aromatic carbocycles. The minimum Gasteiger partial charge on any atom is -0.355 e. The fourth-order valence-electron chi connectivity index (χ4n) is 3.97. The van der Waals surface area contributed by atoms with Crippen LogP contribution in [0.3, 0.4) is 0 Å². The minimum atomic E-state index is -0.239. The predicted molar refractivity (Wildman–Crippen MR) is 129 cm³/mol. The predicted octanol–water partition coefficient (Wildman–Crippen LogP) is 4.49. The summed E-state index contributed by atoms with van der Waals surface area (Å²) in [7, 11) is 3.47. The topological polar surface area (TPSA) is 78.5 Å². The molecule has 0 saturated heterocycles. The van der Waals surface area contributed by atoms with Gasteiger partial charge in [0.15, 0.2) is 0 Å². The molecule has 1 aliphatic carbocycles. The fraction of sp³-hybridized carbons (Fsp3) is 0.400. The van der Waals surface area contributed by atoms with Crippen molar-refractivity contribution in [2.45, 2.75) is 50.0 Å². The third-order valence-electron chi connectivity index (χ3n) is 5.96. The molecule has 170 valence electrons. The van der Waals surface area contributed by atoms with E-state index in [0.717, 1.165) is 23.3 Å². The molecular weight excluding hydrogens is 422 g/mol. The van der Waals surface area contributed by atoms with Crippen LogP contribution in [-0.4, -0.2) is 48.5 Å². The standard InChI is InChI=1S/C25H31N3O3S/c1-17-15-18(24(30)26-2)13-14-21(17)27-25(31)20-11-7-8-12-22(20)32-16-23(29)28(3)19-9-5-4-6-10-19/h7-8,11-15,19H,4-6,9-10,16H2,1-3H3,(H,26,30)(H,27,31). The Balaban J connectivity index is 1.66. The molecule has 3 rings (SSSR count). The van der Waals surface area contributed by atoms with E-state index >= 15 is 0 Å². The zero-order valence-corrected chi connectivity index (χ0v) is 19.8. The van der Waals surface area contributed by atoms with Crippen molar-refractivity contribution in [1.29, 1.82) is 0 Å². The Morgan fingerprint density at radius 3 is 2.44 bits per heavy atom. The molecule has 0 atom stereocenters. The first-order valence-corrected chi connectivity index (χ1v) is 12.0. The Morgan fingerprint density at radius 2 is 1.75 bits per heavy atom. The van der Waals surface area contributed by atoms with Gasteiger partial charge in [0, 0.05) is 36.3 Å². The van der Waals surface area contributed by atoms with E-state index in [1.165, 1.54) is 31.0 Å². The number of nitrogens with zero attached hydrogens (tertiary/aromatic N) is 1. The van der Waals surface area contributed by atoms with E-state index in [-0.39, 0.29) is 17.7 Å². The van der Waals surface area contributed by atoms with Gasteiger partial charge in [-0.05, 0) is 55.7 Å². The van der Waals surface area contributed by atoms with Gasteiger partial charge in [0.25, 0.3) is 11.8 Å². The van der Waals surface area contributed by atoms with Gasteiger partial charge in [0.2, 0.25) is 5.91 Å². The lowest BCUT2D eigenvalue weighted by Gasteiger charge is -2.31. The Kier molecular flexibility index (Phi) is 8.33. The number of carbonyl (C=O) groups excluding carboxylic acids is 3. The summed E-state index contributed by atoms with van der Waals surface area (Å²) in [6, 6.07) is 12.8. The number of carbonyl (C=O) groups is 3. The van der Waals surface area contributed by atoms with Crippen molar-refractivity contribution in [2.75, 3.05) is 25.2 Å². The van der Waals surface area contributed by atoms with Gasteiger partial charge in [-0.25, -0.2) is 0 Å². The third kappa shape index (κ3) is 5.91. The van der Waals surface area contributed by atoms with E-state index in [1.807, 2.05) is 37.1 Å². The van der Waals surface area contributed by atoms with Gasteiger partial charge >= 0.3 is 0 Å².